The quantitative estimate of drug-likeness (QED) is 0.358. The highest BCUT2D eigenvalue weighted by Gasteiger charge is 2.45. The van der Waals surface area contributed by atoms with Gasteiger partial charge in [-0.15, -0.1) is 0 Å². The van der Waals surface area contributed by atoms with Gasteiger partial charge in [-0.3, -0.25) is 14.5 Å². The molecule has 7 heteroatoms. The first kappa shape index (κ1) is 24.6. The van der Waals surface area contributed by atoms with Crippen molar-refractivity contribution in [1.82, 2.24) is 9.78 Å². The zero-order chi connectivity index (χ0) is 26.1. The minimum Gasteiger partial charge on any atom is -0.325 e. The number of Topliss-reactive ketones (excluding diaryl/α,β-unsaturated/α-hetero) is 1. The first-order valence-corrected chi connectivity index (χ1v) is 12.5. The Morgan fingerprint density at radius 2 is 1.76 bits per heavy atom. The summed E-state index contributed by atoms with van der Waals surface area (Å²) in [6, 6.07) is 23.1. The summed E-state index contributed by atoms with van der Waals surface area (Å²) in [5.74, 6) is -1.19. The Labute approximate surface area is 215 Å². The zero-order valence-corrected chi connectivity index (χ0v) is 20.9. The summed E-state index contributed by atoms with van der Waals surface area (Å²) in [4.78, 5) is 29.3. The topological polar surface area (TPSA) is 81.2 Å². The largest absolute Gasteiger partial charge is 0.325 e. The number of anilines is 1. The van der Waals surface area contributed by atoms with E-state index in [-0.39, 0.29) is 30.5 Å². The molecule has 1 aliphatic heterocycles. The predicted octanol–water partition coefficient (Wildman–Crippen LogP) is 5.17. The summed E-state index contributed by atoms with van der Waals surface area (Å²) in [6.45, 7) is 4.40. The van der Waals surface area contributed by atoms with Crippen molar-refractivity contribution in [3.05, 3.63) is 113 Å². The fourth-order valence-corrected chi connectivity index (χ4v) is 5.31. The molecule has 37 heavy (non-hydrogen) atoms. The summed E-state index contributed by atoms with van der Waals surface area (Å²) in [5.41, 5.74) is 10.7. The second kappa shape index (κ2) is 10.1. The Hall–Kier alpha value is -4.10. The Balaban J connectivity index is 1.71. The lowest BCUT2D eigenvalue weighted by molar-refractivity contribution is -0.123. The second-order valence-electron chi connectivity index (χ2n) is 9.35. The van der Waals surface area contributed by atoms with E-state index >= 15 is 0 Å². The van der Waals surface area contributed by atoms with Crippen LogP contribution in [-0.2, 0) is 11.3 Å². The number of hydrogen-bond donors (Lipinski definition) is 1. The van der Waals surface area contributed by atoms with Gasteiger partial charge in [-0.05, 0) is 49.7 Å². The van der Waals surface area contributed by atoms with Crippen molar-refractivity contribution in [2.24, 2.45) is 11.7 Å². The van der Waals surface area contributed by atoms with E-state index in [4.69, 9.17) is 10.8 Å². The number of halogens is 1. The molecule has 3 aromatic carbocycles. The number of hydrogen-bond acceptors (Lipinski definition) is 4. The van der Waals surface area contributed by atoms with Gasteiger partial charge in [0, 0.05) is 36.6 Å². The first-order valence-electron chi connectivity index (χ1n) is 12.5. The van der Waals surface area contributed by atoms with Gasteiger partial charge in [0.1, 0.15) is 11.6 Å². The summed E-state index contributed by atoms with van der Waals surface area (Å²) in [5, 5.41) is 4.83. The third-order valence-corrected chi connectivity index (χ3v) is 7.01. The van der Waals surface area contributed by atoms with E-state index < -0.39 is 11.8 Å². The molecule has 1 amide bonds. The molecular formula is C30H29FN4O2. The molecule has 0 bridgehead atoms. The molecule has 0 saturated carbocycles. The fourth-order valence-electron chi connectivity index (χ4n) is 5.31. The number of nitrogens with zero attached hydrogens (tertiary/aromatic N) is 3. The molecule has 4 aromatic rings. The number of amides is 1. The van der Waals surface area contributed by atoms with Crippen LogP contribution in [0.3, 0.4) is 0 Å². The van der Waals surface area contributed by atoms with Crippen LogP contribution in [-0.4, -0.2) is 28.0 Å². The van der Waals surface area contributed by atoms with Gasteiger partial charge in [-0.25, -0.2) is 9.07 Å². The van der Waals surface area contributed by atoms with Crippen LogP contribution in [0, 0.1) is 18.7 Å². The molecule has 0 fully saturated rings. The molecule has 6 nitrogen and oxygen atoms in total. The average Bonchev–Trinajstić information content (AvgIpc) is 3.29. The van der Waals surface area contributed by atoms with Crippen molar-refractivity contribution in [2.75, 3.05) is 11.4 Å². The molecule has 0 aliphatic carbocycles. The molecule has 0 spiro atoms. The van der Waals surface area contributed by atoms with Crippen LogP contribution in [0.4, 0.5) is 10.2 Å². The standard InChI is InChI=1S/C30H29FN4O2/c1-3-34-29-28(25(18-32)33-35(29)23-10-5-4-6-11-23)27(20-12-14-22(31)15-13-20)24(30(34)37)17-26(36)21-9-7-8-19(2)16-21/h4-16,24,27H,3,17-18,32H2,1-2H3/t24-,27+/m0/s1. The molecule has 0 saturated heterocycles. The number of rotatable bonds is 7. The monoisotopic (exact) mass is 496 g/mol. The minimum absolute atomic E-state index is 0.0147. The van der Waals surface area contributed by atoms with E-state index in [1.165, 1.54) is 12.1 Å². The number of para-hydroxylation sites is 1. The van der Waals surface area contributed by atoms with Gasteiger partial charge in [0.25, 0.3) is 0 Å². The van der Waals surface area contributed by atoms with Gasteiger partial charge in [-0.1, -0.05) is 54.1 Å². The number of aromatic nitrogens is 2. The predicted molar refractivity (Wildman–Crippen MR) is 141 cm³/mol. The lowest BCUT2D eigenvalue weighted by atomic mass is 9.74. The van der Waals surface area contributed by atoms with Crippen LogP contribution in [0.15, 0.2) is 78.9 Å². The maximum absolute atomic E-state index is 14.1. The van der Waals surface area contributed by atoms with E-state index in [2.05, 4.69) is 0 Å². The molecule has 5 rings (SSSR count). The molecule has 0 radical (unpaired) electrons. The normalized spacial score (nSPS) is 17.1. The van der Waals surface area contributed by atoms with E-state index in [0.717, 1.165) is 22.4 Å². The smallest absolute Gasteiger partial charge is 0.232 e. The van der Waals surface area contributed by atoms with E-state index in [1.54, 1.807) is 27.8 Å². The molecule has 188 valence electrons. The Morgan fingerprint density at radius 3 is 2.41 bits per heavy atom. The fraction of sp³-hybridized carbons (Fsp3) is 0.233. The van der Waals surface area contributed by atoms with Crippen molar-refractivity contribution >= 4 is 17.5 Å². The Kier molecular flexibility index (Phi) is 6.72. The number of fused-ring (bicyclic) bond motifs is 1. The molecule has 2 N–H and O–H groups in total. The third-order valence-electron chi connectivity index (χ3n) is 7.01. The minimum atomic E-state index is -0.690. The third kappa shape index (κ3) is 4.47. The van der Waals surface area contributed by atoms with Crippen molar-refractivity contribution < 1.29 is 14.0 Å². The summed E-state index contributed by atoms with van der Waals surface area (Å²) >= 11 is 0. The SMILES string of the molecule is CCN1C(=O)[C@@H](CC(=O)c2cccc(C)c2)[C@@H](c2ccc(F)cc2)c2c(CN)nn(-c3ccccc3)c21. The molecule has 1 aliphatic rings. The van der Waals surface area contributed by atoms with Crippen molar-refractivity contribution in [1.29, 1.82) is 0 Å². The molecular weight excluding hydrogens is 467 g/mol. The summed E-state index contributed by atoms with van der Waals surface area (Å²) in [7, 11) is 0. The van der Waals surface area contributed by atoms with Gasteiger partial charge >= 0.3 is 0 Å². The maximum Gasteiger partial charge on any atom is 0.232 e. The Morgan fingerprint density at radius 1 is 1.03 bits per heavy atom. The van der Waals surface area contributed by atoms with Crippen molar-refractivity contribution in [2.45, 2.75) is 32.7 Å². The number of aryl methyl sites for hydroxylation is 1. The summed E-state index contributed by atoms with van der Waals surface area (Å²) in [6.07, 6.45) is 0.0147. The second-order valence-corrected chi connectivity index (χ2v) is 9.35. The first-order chi connectivity index (χ1) is 17.9. The zero-order valence-electron chi connectivity index (χ0n) is 20.9. The van der Waals surface area contributed by atoms with E-state index in [9.17, 15) is 14.0 Å². The highest BCUT2D eigenvalue weighted by Crippen LogP contribution is 2.47. The number of carbonyl (C=O) groups is 2. The van der Waals surface area contributed by atoms with Crippen LogP contribution < -0.4 is 10.6 Å². The van der Waals surface area contributed by atoms with Crippen LogP contribution in [0.25, 0.3) is 5.69 Å². The highest BCUT2D eigenvalue weighted by molar-refractivity contribution is 6.04. The molecule has 2 heterocycles. The van der Waals surface area contributed by atoms with Crippen LogP contribution in [0.5, 0.6) is 0 Å². The van der Waals surface area contributed by atoms with Gasteiger partial charge < -0.3 is 5.73 Å². The van der Waals surface area contributed by atoms with Crippen molar-refractivity contribution in [3.8, 4) is 5.69 Å². The number of benzene rings is 3. The van der Waals surface area contributed by atoms with Crippen molar-refractivity contribution in [3.63, 3.8) is 0 Å². The number of carbonyl (C=O) groups excluding carboxylic acids is 2. The molecule has 0 unspecified atom stereocenters. The average molecular weight is 497 g/mol. The van der Waals surface area contributed by atoms with Gasteiger partial charge in [-0.2, -0.15) is 5.10 Å². The molecule has 2 atom stereocenters. The number of nitrogens with two attached hydrogens (primary N) is 1. The molecule has 1 aromatic heterocycles. The van der Waals surface area contributed by atoms with E-state index in [1.807, 2.05) is 62.4 Å². The van der Waals surface area contributed by atoms with Gasteiger partial charge in [0.15, 0.2) is 5.78 Å². The Bertz CT molecular complexity index is 1450. The lowest BCUT2D eigenvalue weighted by Gasteiger charge is -2.38. The lowest BCUT2D eigenvalue weighted by Crippen LogP contribution is -2.45. The maximum atomic E-state index is 14.1. The van der Waals surface area contributed by atoms with Crippen LogP contribution >= 0.6 is 0 Å². The van der Waals surface area contributed by atoms with Gasteiger partial charge in [0.05, 0.1) is 17.3 Å². The highest BCUT2D eigenvalue weighted by atomic mass is 19.1. The number of ketones is 1. The summed E-state index contributed by atoms with van der Waals surface area (Å²) < 4.78 is 15.7. The van der Waals surface area contributed by atoms with E-state index in [0.29, 0.717) is 23.6 Å². The van der Waals surface area contributed by atoms with Crippen LogP contribution in [0.1, 0.15) is 52.0 Å². The van der Waals surface area contributed by atoms with Gasteiger partial charge in [0.2, 0.25) is 5.91 Å². The van der Waals surface area contributed by atoms with Crippen LogP contribution in [0.2, 0.25) is 0 Å².